The van der Waals surface area contributed by atoms with Gasteiger partial charge in [-0.2, -0.15) is 0 Å². The molecule has 2 aromatic rings. The zero-order valence-electron chi connectivity index (χ0n) is 24.3. The van der Waals surface area contributed by atoms with Gasteiger partial charge in [0.25, 0.3) is 0 Å². The molecule has 210 valence electrons. The molecule has 1 heterocycles. The van der Waals surface area contributed by atoms with E-state index in [1.807, 2.05) is 6.07 Å². The van der Waals surface area contributed by atoms with E-state index in [2.05, 4.69) is 54.8 Å². The number of fused-ring (bicyclic) bond motifs is 1. The van der Waals surface area contributed by atoms with Gasteiger partial charge < -0.3 is 31.2 Å². The highest BCUT2D eigenvalue weighted by molar-refractivity contribution is 6.00. The smallest absolute Gasteiger partial charge is 0.184 e. The van der Waals surface area contributed by atoms with E-state index in [1.54, 1.807) is 21.3 Å². The van der Waals surface area contributed by atoms with Crippen molar-refractivity contribution < 1.29 is 35.8 Å². The highest BCUT2D eigenvalue weighted by Gasteiger charge is 2.30. The maximum Gasteiger partial charge on any atom is 0.184 e. The first-order chi connectivity index (χ1) is 18.2. The predicted octanol–water partition coefficient (Wildman–Crippen LogP) is 5.23. The summed E-state index contributed by atoms with van der Waals surface area (Å²) in [4.78, 5) is 0. The fourth-order valence-electron chi connectivity index (χ4n) is 5.38. The van der Waals surface area contributed by atoms with Crippen LogP contribution < -0.4 is 31.2 Å². The van der Waals surface area contributed by atoms with Crippen LogP contribution in [0.15, 0.2) is 36.4 Å². The summed E-state index contributed by atoms with van der Waals surface area (Å²) in [6.07, 6.45) is 17.9. The lowest BCUT2D eigenvalue weighted by molar-refractivity contribution is -0.545. The molecular formula is C33H48BrNO3. The average Bonchev–Trinajstić information content (AvgIpc) is 2.93. The third kappa shape index (κ3) is 8.62. The van der Waals surface area contributed by atoms with Crippen molar-refractivity contribution in [3.05, 3.63) is 58.7 Å². The van der Waals surface area contributed by atoms with E-state index in [0.717, 1.165) is 49.6 Å². The predicted molar refractivity (Wildman–Crippen MR) is 156 cm³/mol. The van der Waals surface area contributed by atoms with E-state index < -0.39 is 0 Å². The molecule has 0 unspecified atom stereocenters. The second kappa shape index (κ2) is 17.3. The van der Waals surface area contributed by atoms with Gasteiger partial charge in [0.2, 0.25) is 0 Å². The summed E-state index contributed by atoms with van der Waals surface area (Å²) in [6, 6.07) is 10.7. The van der Waals surface area contributed by atoms with Crippen molar-refractivity contribution in [1.82, 2.24) is 0 Å². The van der Waals surface area contributed by atoms with Crippen LogP contribution in [0.25, 0.3) is 6.08 Å². The van der Waals surface area contributed by atoms with E-state index in [9.17, 15) is 0 Å². The topological polar surface area (TPSA) is 30.7 Å². The number of unbranched alkanes of at least 4 members (excludes halogenated alkanes) is 7. The van der Waals surface area contributed by atoms with Gasteiger partial charge in [0.05, 0.1) is 21.3 Å². The van der Waals surface area contributed by atoms with Crippen molar-refractivity contribution in [2.45, 2.75) is 91.0 Å². The molecule has 0 saturated carbocycles. The summed E-state index contributed by atoms with van der Waals surface area (Å²) >= 11 is 0. The van der Waals surface area contributed by atoms with Crippen LogP contribution in [-0.2, 0) is 13.0 Å². The van der Waals surface area contributed by atoms with Gasteiger partial charge in [-0.05, 0) is 43.0 Å². The second-order valence-electron chi connectivity index (χ2n) is 10.1. The van der Waals surface area contributed by atoms with Gasteiger partial charge in [0.1, 0.15) is 12.3 Å². The van der Waals surface area contributed by atoms with Crippen LogP contribution in [0.3, 0.4) is 0 Å². The summed E-state index contributed by atoms with van der Waals surface area (Å²) in [5.41, 5.74) is 6.63. The molecule has 3 rings (SSSR count). The number of halogens is 1. The van der Waals surface area contributed by atoms with Gasteiger partial charge in [-0.15, -0.1) is 0 Å². The molecule has 5 heteroatoms. The van der Waals surface area contributed by atoms with E-state index in [4.69, 9.17) is 14.2 Å². The van der Waals surface area contributed by atoms with Crippen molar-refractivity contribution in [2.24, 2.45) is 0 Å². The molecule has 0 fully saturated rings. The van der Waals surface area contributed by atoms with Gasteiger partial charge in [-0.1, -0.05) is 76.7 Å². The number of benzene rings is 2. The quantitative estimate of drug-likeness (QED) is 0.200. The van der Waals surface area contributed by atoms with Crippen LogP contribution >= 0.6 is 0 Å². The van der Waals surface area contributed by atoms with Crippen molar-refractivity contribution in [1.29, 1.82) is 0 Å². The number of hydrogen-bond donors (Lipinski definition) is 0. The zero-order valence-corrected chi connectivity index (χ0v) is 25.9. The molecule has 0 bridgehead atoms. The third-order valence-electron chi connectivity index (χ3n) is 7.43. The Kier molecular flexibility index (Phi) is 14.6. The normalized spacial score (nSPS) is 12.9. The maximum absolute atomic E-state index is 5.91. The van der Waals surface area contributed by atoms with Crippen molar-refractivity contribution in [3.63, 3.8) is 0 Å². The van der Waals surface area contributed by atoms with Crippen LogP contribution in [0.4, 0.5) is 0 Å². The lowest BCUT2D eigenvalue weighted by atomic mass is 9.88. The Morgan fingerprint density at radius 3 is 2.34 bits per heavy atom. The number of ether oxygens (including phenoxy) is 3. The van der Waals surface area contributed by atoms with Gasteiger partial charge in [0.15, 0.2) is 23.8 Å². The molecule has 0 N–H and O–H groups in total. The fraction of sp³-hybridized carbons (Fsp3) is 0.545. The molecule has 0 amide bonds. The lowest BCUT2D eigenvalue weighted by Gasteiger charge is -2.24. The van der Waals surface area contributed by atoms with E-state index in [-0.39, 0.29) is 17.0 Å². The Morgan fingerprint density at radius 2 is 1.63 bits per heavy atom. The molecule has 0 saturated heterocycles. The Morgan fingerprint density at radius 1 is 0.868 bits per heavy atom. The largest absolute Gasteiger partial charge is 1.00 e. The number of allylic oxidation sites excluding steroid dienone is 1. The maximum atomic E-state index is 5.91. The number of hydrogen-bond acceptors (Lipinski definition) is 3. The second-order valence-corrected chi connectivity index (χ2v) is 10.1. The van der Waals surface area contributed by atoms with Crippen LogP contribution in [-0.4, -0.2) is 38.2 Å². The van der Waals surface area contributed by atoms with Gasteiger partial charge in [0, 0.05) is 29.5 Å². The molecule has 1 aliphatic heterocycles. The van der Waals surface area contributed by atoms with Gasteiger partial charge in [-0.25, -0.2) is 4.58 Å². The zero-order chi connectivity index (χ0) is 26.5. The summed E-state index contributed by atoms with van der Waals surface area (Å²) in [5, 5.41) is 0. The highest BCUT2D eigenvalue weighted by Crippen LogP contribution is 2.39. The fourth-order valence-corrected chi connectivity index (χ4v) is 5.38. The van der Waals surface area contributed by atoms with Crippen LogP contribution in [0, 0.1) is 0 Å². The molecule has 0 aromatic heterocycles. The molecule has 38 heavy (non-hydrogen) atoms. The molecule has 4 nitrogen and oxygen atoms in total. The van der Waals surface area contributed by atoms with E-state index >= 15 is 0 Å². The minimum absolute atomic E-state index is 0. The number of nitrogens with zero attached hydrogens (tertiary/aromatic N) is 1. The molecule has 0 radical (unpaired) electrons. The van der Waals surface area contributed by atoms with Gasteiger partial charge in [-0.3, -0.25) is 0 Å². The van der Waals surface area contributed by atoms with E-state index in [1.165, 1.54) is 79.3 Å². The first-order valence-electron chi connectivity index (χ1n) is 14.3. The summed E-state index contributed by atoms with van der Waals surface area (Å²) in [6.45, 7) is 6.42. The molecule has 0 aliphatic carbocycles. The van der Waals surface area contributed by atoms with Gasteiger partial charge >= 0.3 is 0 Å². The lowest BCUT2D eigenvalue weighted by Crippen LogP contribution is -3.00. The minimum atomic E-state index is 0. The standard InChI is InChI=1S/C33H48NO3.BrH/c1-6-8-10-12-14-19-29-28-21-22-34(25-26-17-16-18-27(23-26)35-3)31(20-15-13-11-9-7-2)30(28)24-32(36-4)33(29)37-5;/h14,16-19,23-24H,6-13,15,20-22,25H2,1-5H3;1H/q+1;/p-1/b19-14-;. The Labute approximate surface area is 241 Å². The Balaban J connectivity index is 0.00000507. The van der Waals surface area contributed by atoms with E-state index in [0.29, 0.717) is 0 Å². The number of rotatable bonds is 16. The monoisotopic (exact) mass is 585 g/mol. The minimum Gasteiger partial charge on any atom is -1.00 e. The third-order valence-corrected chi connectivity index (χ3v) is 7.43. The van der Waals surface area contributed by atoms with Crippen molar-refractivity contribution in [2.75, 3.05) is 27.9 Å². The first kappa shape index (κ1) is 31.9. The van der Waals surface area contributed by atoms with Crippen molar-refractivity contribution in [3.8, 4) is 17.2 Å². The molecule has 2 aromatic carbocycles. The molecular weight excluding hydrogens is 538 g/mol. The summed E-state index contributed by atoms with van der Waals surface area (Å²) in [5.74, 6) is 2.59. The molecule has 1 aliphatic rings. The highest BCUT2D eigenvalue weighted by atomic mass is 79.9. The average molecular weight is 587 g/mol. The SMILES string of the molecule is CCCCC/C=C\c1c2c(cc(OC)c1OC)C(CCCCCCC)=[N+](Cc1cccc(OC)c1)CC2.[Br-]. The first-order valence-corrected chi connectivity index (χ1v) is 14.3. The summed E-state index contributed by atoms with van der Waals surface area (Å²) < 4.78 is 19.9. The Hall–Kier alpha value is -2.27. The van der Waals surface area contributed by atoms with Crippen molar-refractivity contribution >= 4 is 11.8 Å². The van der Waals surface area contributed by atoms with Crippen LogP contribution in [0.1, 0.15) is 100 Å². The molecule has 0 spiro atoms. The Bertz CT molecular complexity index is 1060. The van der Waals surface area contributed by atoms with Crippen LogP contribution in [0.2, 0.25) is 0 Å². The summed E-state index contributed by atoms with van der Waals surface area (Å²) in [7, 11) is 5.25. The molecule has 0 atom stereocenters. The number of methoxy groups -OCH3 is 3. The van der Waals surface area contributed by atoms with Crippen LogP contribution in [0.5, 0.6) is 17.2 Å².